The lowest BCUT2D eigenvalue weighted by Gasteiger charge is -2.50. The second-order valence-electron chi connectivity index (χ2n) is 5.65. The van der Waals surface area contributed by atoms with Crippen LogP contribution < -0.4 is 10.6 Å². The first-order valence-electron chi connectivity index (χ1n) is 6.97. The Bertz CT molecular complexity index is 449. The number of nitrogens with two attached hydrogens (primary N) is 1. The van der Waals surface area contributed by atoms with Gasteiger partial charge in [-0.05, 0) is 26.0 Å². The van der Waals surface area contributed by atoms with E-state index in [0.717, 1.165) is 32.0 Å². The fourth-order valence-corrected chi connectivity index (χ4v) is 3.06. The molecule has 2 N–H and O–H groups in total. The summed E-state index contributed by atoms with van der Waals surface area (Å²) in [6.45, 7) is 8.35. The third-order valence-corrected chi connectivity index (χ3v) is 4.25. The average Bonchev–Trinajstić information content (AvgIpc) is 2.32. The normalized spacial score (nSPS) is 29.3. The van der Waals surface area contributed by atoms with Crippen LogP contribution in [0.25, 0.3) is 0 Å². The molecule has 19 heavy (non-hydrogen) atoms. The summed E-state index contributed by atoms with van der Waals surface area (Å²) < 4.78 is 5.32. The van der Waals surface area contributed by atoms with Crippen LogP contribution in [0, 0.1) is 0 Å². The van der Waals surface area contributed by atoms with Crippen LogP contribution in [-0.2, 0) is 4.74 Å². The van der Waals surface area contributed by atoms with Gasteiger partial charge in [-0.3, -0.25) is 4.90 Å². The summed E-state index contributed by atoms with van der Waals surface area (Å²) in [5.41, 5.74) is 7.07. The standard InChI is InChI=1S/C14H22N4O/c1-10-7-18(13-4-3-5-16-14(13)15)11(2)6-17(10)12-8-19-9-12/h3-5,10-12H,6-9H2,1-2H3,(H2,15,16)/t10-,11+/m1/s1. The number of nitrogen functional groups attached to an aromatic ring is 1. The van der Waals surface area contributed by atoms with Crippen molar-refractivity contribution in [3.63, 3.8) is 0 Å². The maximum absolute atomic E-state index is 6.00. The predicted molar refractivity (Wildman–Crippen MR) is 76.2 cm³/mol. The van der Waals surface area contributed by atoms with Gasteiger partial charge in [0.25, 0.3) is 0 Å². The zero-order valence-corrected chi connectivity index (χ0v) is 11.6. The first-order chi connectivity index (χ1) is 9.16. The second kappa shape index (κ2) is 4.98. The number of nitrogens with zero attached hydrogens (tertiary/aromatic N) is 3. The van der Waals surface area contributed by atoms with E-state index in [-0.39, 0.29) is 0 Å². The molecule has 0 amide bonds. The predicted octanol–water partition coefficient (Wildman–Crippen LogP) is 0.962. The number of anilines is 2. The van der Waals surface area contributed by atoms with Gasteiger partial charge in [0.05, 0.1) is 24.9 Å². The summed E-state index contributed by atoms with van der Waals surface area (Å²) in [5, 5.41) is 0. The van der Waals surface area contributed by atoms with Crippen molar-refractivity contribution in [3.8, 4) is 0 Å². The summed E-state index contributed by atoms with van der Waals surface area (Å²) in [6, 6.07) is 5.59. The highest BCUT2D eigenvalue weighted by molar-refractivity contribution is 5.63. The molecule has 2 aliphatic rings. The quantitative estimate of drug-likeness (QED) is 0.860. The van der Waals surface area contributed by atoms with Crippen LogP contribution in [0.1, 0.15) is 13.8 Å². The van der Waals surface area contributed by atoms with Gasteiger partial charge in [0.15, 0.2) is 0 Å². The summed E-state index contributed by atoms with van der Waals surface area (Å²) in [4.78, 5) is 9.14. The zero-order chi connectivity index (χ0) is 13.4. The van der Waals surface area contributed by atoms with Gasteiger partial charge >= 0.3 is 0 Å². The highest BCUT2D eigenvalue weighted by Gasteiger charge is 2.36. The fourth-order valence-electron chi connectivity index (χ4n) is 3.06. The van der Waals surface area contributed by atoms with Crippen molar-refractivity contribution in [2.24, 2.45) is 0 Å². The monoisotopic (exact) mass is 262 g/mol. The Labute approximate surface area is 114 Å². The summed E-state index contributed by atoms with van der Waals surface area (Å²) >= 11 is 0. The molecule has 0 radical (unpaired) electrons. The summed E-state index contributed by atoms with van der Waals surface area (Å²) in [6.07, 6.45) is 1.74. The fraction of sp³-hybridized carbons (Fsp3) is 0.643. The molecular formula is C14H22N4O. The molecule has 0 bridgehead atoms. The van der Waals surface area contributed by atoms with E-state index in [9.17, 15) is 0 Å². The van der Waals surface area contributed by atoms with Crippen LogP contribution in [0.15, 0.2) is 18.3 Å². The van der Waals surface area contributed by atoms with Gasteiger partial charge in [-0.1, -0.05) is 0 Å². The van der Waals surface area contributed by atoms with Gasteiger partial charge in [-0.25, -0.2) is 4.98 Å². The molecule has 0 aliphatic carbocycles. The number of aromatic nitrogens is 1. The SMILES string of the molecule is C[C@@H]1CN(c2cccnc2N)[C@@H](C)CN1C1COC1. The lowest BCUT2D eigenvalue weighted by molar-refractivity contribution is -0.0828. The van der Waals surface area contributed by atoms with E-state index in [1.807, 2.05) is 6.07 Å². The van der Waals surface area contributed by atoms with Crippen LogP contribution in [-0.4, -0.2) is 54.3 Å². The smallest absolute Gasteiger partial charge is 0.146 e. The highest BCUT2D eigenvalue weighted by atomic mass is 16.5. The van der Waals surface area contributed by atoms with Crippen LogP contribution in [0.5, 0.6) is 0 Å². The molecule has 5 nitrogen and oxygen atoms in total. The molecule has 3 rings (SSSR count). The molecule has 1 aromatic rings. The Morgan fingerprint density at radius 2 is 2.05 bits per heavy atom. The minimum absolute atomic E-state index is 0.447. The number of hydrogen-bond donors (Lipinski definition) is 1. The molecule has 5 heteroatoms. The molecule has 0 saturated carbocycles. The van der Waals surface area contributed by atoms with Crippen LogP contribution in [0.4, 0.5) is 11.5 Å². The van der Waals surface area contributed by atoms with E-state index < -0.39 is 0 Å². The van der Waals surface area contributed by atoms with Crippen LogP contribution in [0.3, 0.4) is 0 Å². The Morgan fingerprint density at radius 3 is 2.68 bits per heavy atom. The minimum Gasteiger partial charge on any atom is -0.382 e. The van der Waals surface area contributed by atoms with Crippen LogP contribution in [0.2, 0.25) is 0 Å². The molecule has 2 saturated heterocycles. The number of rotatable bonds is 2. The largest absolute Gasteiger partial charge is 0.382 e. The lowest BCUT2D eigenvalue weighted by Crippen LogP contribution is -2.63. The molecule has 2 atom stereocenters. The van der Waals surface area contributed by atoms with Gasteiger partial charge in [0.2, 0.25) is 0 Å². The Hall–Kier alpha value is -1.33. The number of hydrogen-bond acceptors (Lipinski definition) is 5. The molecule has 0 spiro atoms. The summed E-state index contributed by atoms with van der Waals surface area (Å²) in [5.74, 6) is 0.627. The van der Waals surface area contributed by atoms with Crippen molar-refractivity contribution >= 4 is 11.5 Å². The first-order valence-corrected chi connectivity index (χ1v) is 6.97. The van der Waals surface area contributed by atoms with Crippen molar-refractivity contribution in [2.75, 3.05) is 36.9 Å². The second-order valence-corrected chi connectivity index (χ2v) is 5.65. The average molecular weight is 262 g/mol. The molecule has 0 aromatic carbocycles. The molecule has 2 fully saturated rings. The van der Waals surface area contributed by atoms with E-state index in [0.29, 0.717) is 23.9 Å². The van der Waals surface area contributed by atoms with Crippen molar-refractivity contribution in [1.29, 1.82) is 0 Å². The zero-order valence-electron chi connectivity index (χ0n) is 11.6. The van der Waals surface area contributed by atoms with E-state index in [1.54, 1.807) is 6.20 Å². The van der Waals surface area contributed by atoms with Crippen molar-refractivity contribution < 1.29 is 4.74 Å². The maximum Gasteiger partial charge on any atom is 0.146 e. The Kier molecular flexibility index (Phi) is 3.33. The summed E-state index contributed by atoms with van der Waals surface area (Å²) in [7, 11) is 0. The lowest BCUT2D eigenvalue weighted by atomic mass is 10.0. The number of ether oxygens (including phenoxy) is 1. The van der Waals surface area contributed by atoms with Gasteiger partial charge in [0.1, 0.15) is 5.82 Å². The van der Waals surface area contributed by atoms with E-state index >= 15 is 0 Å². The van der Waals surface area contributed by atoms with E-state index in [1.165, 1.54) is 0 Å². The van der Waals surface area contributed by atoms with Gasteiger partial charge in [0, 0.05) is 31.4 Å². The Morgan fingerprint density at radius 1 is 1.26 bits per heavy atom. The first kappa shape index (κ1) is 12.7. The Balaban J connectivity index is 1.77. The molecule has 1 aromatic heterocycles. The van der Waals surface area contributed by atoms with Gasteiger partial charge < -0.3 is 15.4 Å². The van der Waals surface area contributed by atoms with Crippen LogP contribution >= 0.6 is 0 Å². The van der Waals surface area contributed by atoms with E-state index in [4.69, 9.17) is 10.5 Å². The number of pyridine rings is 1. The highest BCUT2D eigenvalue weighted by Crippen LogP contribution is 2.28. The third-order valence-electron chi connectivity index (χ3n) is 4.25. The van der Waals surface area contributed by atoms with Crippen molar-refractivity contribution in [2.45, 2.75) is 32.0 Å². The molecule has 0 unspecified atom stereocenters. The van der Waals surface area contributed by atoms with Crippen molar-refractivity contribution in [1.82, 2.24) is 9.88 Å². The van der Waals surface area contributed by atoms with Crippen molar-refractivity contribution in [3.05, 3.63) is 18.3 Å². The molecule has 104 valence electrons. The van der Waals surface area contributed by atoms with Gasteiger partial charge in [-0.15, -0.1) is 0 Å². The minimum atomic E-state index is 0.447. The maximum atomic E-state index is 6.00. The molecule has 2 aliphatic heterocycles. The molecule has 3 heterocycles. The topological polar surface area (TPSA) is 54.6 Å². The van der Waals surface area contributed by atoms with Gasteiger partial charge in [-0.2, -0.15) is 0 Å². The van der Waals surface area contributed by atoms with E-state index in [2.05, 4.69) is 34.7 Å². The molecular weight excluding hydrogens is 240 g/mol. The number of piperazine rings is 1. The third kappa shape index (κ3) is 2.28.